The molecule has 1 saturated heterocycles. The van der Waals surface area contributed by atoms with Gasteiger partial charge in [-0.1, -0.05) is 43.0 Å². The molecule has 1 amide bonds. The van der Waals surface area contributed by atoms with Gasteiger partial charge in [-0.05, 0) is 61.7 Å². The minimum atomic E-state index is -2.69. The van der Waals surface area contributed by atoms with Gasteiger partial charge in [0.25, 0.3) is 5.91 Å². The summed E-state index contributed by atoms with van der Waals surface area (Å²) in [5, 5.41) is 11.8. The van der Waals surface area contributed by atoms with Gasteiger partial charge >= 0.3 is 0 Å². The Kier molecular flexibility index (Phi) is 10.4. The van der Waals surface area contributed by atoms with Crippen LogP contribution in [0.3, 0.4) is 0 Å². The second-order valence-electron chi connectivity index (χ2n) is 9.33. The van der Waals surface area contributed by atoms with E-state index >= 15 is 0 Å². The average Bonchev–Trinajstić information content (AvgIpc) is 2.90. The lowest BCUT2D eigenvalue weighted by atomic mass is 9.86. The van der Waals surface area contributed by atoms with E-state index in [1.807, 2.05) is 36.4 Å². The summed E-state index contributed by atoms with van der Waals surface area (Å²) in [6.45, 7) is 7.45. The van der Waals surface area contributed by atoms with Gasteiger partial charge in [0.2, 0.25) is 6.43 Å². The van der Waals surface area contributed by atoms with Gasteiger partial charge in [0.05, 0.1) is 13.2 Å². The molecule has 1 aliphatic heterocycles. The maximum absolute atomic E-state index is 13.2. The van der Waals surface area contributed by atoms with E-state index < -0.39 is 23.8 Å². The number of carbonyl (C=O) groups excluding carboxylic acids is 1. The molecular formula is C28H35F2N3O3. The molecule has 0 aliphatic carbocycles. The smallest absolute Gasteiger partial charge is 0.263 e. The molecule has 0 radical (unpaired) electrons. The molecule has 6 nitrogen and oxygen atoms in total. The molecule has 0 saturated carbocycles. The molecule has 2 atom stereocenters. The van der Waals surface area contributed by atoms with Crippen molar-refractivity contribution in [3.8, 4) is 11.8 Å². The Morgan fingerprint density at radius 2 is 1.61 bits per heavy atom. The van der Waals surface area contributed by atoms with E-state index in [0.29, 0.717) is 19.4 Å². The van der Waals surface area contributed by atoms with Crippen LogP contribution in [0.5, 0.6) is 0 Å². The van der Waals surface area contributed by atoms with Crippen LogP contribution in [0.25, 0.3) is 0 Å². The van der Waals surface area contributed by atoms with Crippen molar-refractivity contribution in [2.75, 3.05) is 32.8 Å². The summed E-state index contributed by atoms with van der Waals surface area (Å²) in [6.07, 6.45) is -1.33. The highest BCUT2D eigenvalue weighted by Crippen LogP contribution is 2.24. The molecule has 0 aromatic heterocycles. The number of morpholine rings is 1. The van der Waals surface area contributed by atoms with E-state index in [9.17, 15) is 13.6 Å². The molecule has 0 spiro atoms. The molecule has 1 fully saturated rings. The Morgan fingerprint density at radius 3 is 2.14 bits per heavy atom. The fourth-order valence-corrected chi connectivity index (χ4v) is 4.07. The van der Waals surface area contributed by atoms with Gasteiger partial charge in [-0.3, -0.25) is 14.9 Å². The number of amides is 1. The highest BCUT2D eigenvalue weighted by molar-refractivity contribution is 5.85. The predicted octanol–water partition coefficient (Wildman–Crippen LogP) is 3.61. The van der Waals surface area contributed by atoms with Crippen LogP contribution >= 0.6 is 0 Å². The molecule has 2 aromatic rings. The van der Waals surface area contributed by atoms with Gasteiger partial charge < -0.3 is 10.1 Å². The third-order valence-electron chi connectivity index (χ3n) is 6.77. The van der Waals surface area contributed by atoms with Crippen molar-refractivity contribution in [2.45, 2.75) is 45.2 Å². The average molecular weight is 500 g/mol. The summed E-state index contributed by atoms with van der Waals surface area (Å²) in [4.78, 5) is 14.4. The first kappa shape index (κ1) is 27.8. The number of hydroxylamine groups is 1. The largest absolute Gasteiger partial charge is 0.379 e. The number of hydrogen-bond acceptors (Lipinski definition) is 5. The minimum absolute atomic E-state index is 0.351. The van der Waals surface area contributed by atoms with Crippen molar-refractivity contribution in [2.24, 2.45) is 5.92 Å². The Labute approximate surface area is 212 Å². The third-order valence-corrected chi connectivity index (χ3v) is 6.77. The summed E-state index contributed by atoms with van der Waals surface area (Å²) in [5.74, 6) is 4.26. The number of carbonyl (C=O) groups is 1. The van der Waals surface area contributed by atoms with Crippen LogP contribution in [0, 0.1) is 17.8 Å². The first-order chi connectivity index (χ1) is 17.3. The molecule has 1 aliphatic rings. The number of hydrogen-bond donors (Lipinski definition) is 3. The first-order valence-electron chi connectivity index (χ1n) is 12.3. The molecule has 0 bridgehead atoms. The van der Waals surface area contributed by atoms with Crippen molar-refractivity contribution in [1.82, 2.24) is 15.7 Å². The standard InChI is InChI=1S/C28H35F2N3O3/c1-21(26(29)30)28(2,27(34)32-35)31-15-3-4-22-5-7-23(8-6-22)9-10-24-11-13-25(14-12-24)20-33-16-18-36-19-17-33/h5-8,11-14,21,26,31,35H,3-4,15-20H2,1-2H3,(H,32,34). The molecule has 3 rings (SSSR count). The Balaban J connectivity index is 1.48. The van der Waals surface area contributed by atoms with Crippen molar-refractivity contribution < 1.29 is 23.5 Å². The number of benzene rings is 2. The van der Waals surface area contributed by atoms with Crippen LogP contribution in [0.4, 0.5) is 8.78 Å². The van der Waals surface area contributed by atoms with Crippen LogP contribution < -0.4 is 10.8 Å². The zero-order chi connectivity index (χ0) is 26.0. The number of rotatable bonds is 10. The SMILES string of the molecule is CC(C(F)F)C(C)(NCCCc1ccc(C#Cc2ccc(CN3CCOCC3)cc2)cc1)C(=O)NO. The number of halogens is 2. The second kappa shape index (κ2) is 13.5. The fraction of sp³-hybridized carbons (Fsp3) is 0.464. The Morgan fingerprint density at radius 1 is 1.06 bits per heavy atom. The number of alkyl halides is 2. The van der Waals surface area contributed by atoms with E-state index in [2.05, 4.69) is 34.2 Å². The van der Waals surface area contributed by atoms with Gasteiger partial charge in [0.15, 0.2) is 0 Å². The normalized spacial score (nSPS) is 16.6. The maximum Gasteiger partial charge on any atom is 0.263 e. The zero-order valence-corrected chi connectivity index (χ0v) is 20.9. The van der Waals surface area contributed by atoms with Crippen LogP contribution in [0.2, 0.25) is 0 Å². The summed E-state index contributed by atoms with van der Waals surface area (Å²) in [5.41, 5.74) is 4.15. The topological polar surface area (TPSA) is 73.8 Å². The molecule has 2 unspecified atom stereocenters. The van der Waals surface area contributed by atoms with E-state index in [1.54, 1.807) is 0 Å². The van der Waals surface area contributed by atoms with Crippen molar-refractivity contribution in [3.05, 3.63) is 70.8 Å². The molecular weight excluding hydrogens is 464 g/mol. The highest BCUT2D eigenvalue weighted by atomic mass is 19.3. The first-order valence-corrected chi connectivity index (χ1v) is 12.3. The summed E-state index contributed by atoms with van der Waals surface area (Å²) in [7, 11) is 0. The Bertz CT molecular complexity index is 1030. The number of aryl methyl sites for hydroxylation is 1. The lowest BCUT2D eigenvalue weighted by Crippen LogP contribution is -2.60. The molecule has 1 heterocycles. The van der Waals surface area contributed by atoms with E-state index in [4.69, 9.17) is 9.94 Å². The molecule has 194 valence electrons. The van der Waals surface area contributed by atoms with Crippen LogP contribution in [0.1, 0.15) is 42.5 Å². The molecule has 2 aromatic carbocycles. The van der Waals surface area contributed by atoms with Crippen LogP contribution in [-0.2, 0) is 22.5 Å². The lowest BCUT2D eigenvalue weighted by Gasteiger charge is -2.34. The van der Waals surface area contributed by atoms with Crippen LogP contribution in [0.15, 0.2) is 48.5 Å². The van der Waals surface area contributed by atoms with Gasteiger partial charge in [0, 0.05) is 36.7 Å². The summed E-state index contributed by atoms with van der Waals surface area (Å²) >= 11 is 0. The maximum atomic E-state index is 13.2. The van der Waals surface area contributed by atoms with Gasteiger partial charge in [-0.25, -0.2) is 14.3 Å². The quantitative estimate of drug-likeness (QED) is 0.202. The molecule has 36 heavy (non-hydrogen) atoms. The third kappa shape index (κ3) is 7.84. The van der Waals surface area contributed by atoms with Crippen molar-refractivity contribution in [1.29, 1.82) is 0 Å². The van der Waals surface area contributed by atoms with Gasteiger partial charge in [-0.2, -0.15) is 0 Å². The van der Waals surface area contributed by atoms with E-state index in [-0.39, 0.29) is 0 Å². The summed E-state index contributed by atoms with van der Waals surface area (Å²) in [6, 6.07) is 16.2. The van der Waals surface area contributed by atoms with Crippen molar-refractivity contribution >= 4 is 5.91 Å². The number of nitrogens with zero attached hydrogens (tertiary/aromatic N) is 1. The molecule has 8 heteroatoms. The summed E-state index contributed by atoms with van der Waals surface area (Å²) < 4.78 is 31.8. The predicted molar refractivity (Wildman–Crippen MR) is 135 cm³/mol. The monoisotopic (exact) mass is 499 g/mol. The lowest BCUT2D eigenvalue weighted by molar-refractivity contribution is -0.140. The van der Waals surface area contributed by atoms with E-state index in [0.717, 1.165) is 49.5 Å². The van der Waals surface area contributed by atoms with Gasteiger partial charge in [0.1, 0.15) is 5.54 Å². The number of ether oxygens (including phenoxy) is 1. The molecule has 3 N–H and O–H groups in total. The number of nitrogens with one attached hydrogen (secondary N) is 2. The van der Waals surface area contributed by atoms with Crippen molar-refractivity contribution in [3.63, 3.8) is 0 Å². The van der Waals surface area contributed by atoms with Crippen LogP contribution in [-0.4, -0.2) is 60.8 Å². The van der Waals surface area contributed by atoms with E-state index in [1.165, 1.54) is 24.9 Å². The highest BCUT2D eigenvalue weighted by Gasteiger charge is 2.42. The fourth-order valence-electron chi connectivity index (χ4n) is 4.07. The Hall–Kier alpha value is -2.83. The minimum Gasteiger partial charge on any atom is -0.379 e. The zero-order valence-electron chi connectivity index (χ0n) is 20.9. The van der Waals surface area contributed by atoms with Gasteiger partial charge in [-0.15, -0.1) is 0 Å². The second-order valence-corrected chi connectivity index (χ2v) is 9.33.